The maximum Gasteiger partial charge on any atom is 0.121 e. The van der Waals surface area contributed by atoms with E-state index < -0.39 is 0 Å². The molecule has 0 aliphatic rings. The minimum atomic E-state index is 0.0762. The fraction of sp³-hybridized carbons (Fsp3) is 0.636. The van der Waals surface area contributed by atoms with Crippen molar-refractivity contribution in [3.63, 3.8) is 0 Å². The molecule has 13 heavy (non-hydrogen) atoms. The SMILES string of the molecule is CCCC[C@@H](N)c1cc(C)c(C)o1. The molecule has 1 heterocycles. The number of nitrogens with two attached hydrogens (primary N) is 1. The van der Waals surface area contributed by atoms with Gasteiger partial charge in [-0.3, -0.25) is 0 Å². The molecule has 2 nitrogen and oxygen atoms in total. The molecule has 0 bridgehead atoms. The van der Waals surface area contributed by atoms with Crippen LogP contribution in [0, 0.1) is 13.8 Å². The Morgan fingerprint density at radius 2 is 2.15 bits per heavy atom. The van der Waals surface area contributed by atoms with E-state index in [1.807, 2.05) is 6.92 Å². The Hall–Kier alpha value is -0.760. The summed E-state index contributed by atoms with van der Waals surface area (Å²) in [6, 6.07) is 2.13. The number of hydrogen-bond acceptors (Lipinski definition) is 2. The van der Waals surface area contributed by atoms with Crippen LogP contribution in [0.5, 0.6) is 0 Å². The molecular formula is C11H19NO. The van der Waals surface area contributed by atoms with Crippen molar-refractivity contribution in [2.24, 2.45) is 5.73 Å². The van der Waals surface area contributed by atoms with Crippen molar-refractivity contribution in [1.29, 1.82) is 0 Å². The molecule has 0 fully saturated rings. The van der Waals surface area contributed by atoms with Gasteiger partial charge in [0.1, 0.15) is 11.5 Å². The lowest BCUT2D eigenvalue weighted by molar-refractivity contribution is 0.427. The van der Waals surface area contributed by atoms with Crippen molar-refractivity contribution in [2.45, 2.75) is 46.1 Å². The van der Waals surface area contributed by atoms with E-state index in [0.717, 1.165) is 17.9 Å². The second-order valence-corrected chi connectivity index (χ2v) is 3.64. The van der Waals surface area contributed by atoms with Gasteiger partial charge < -0.3 is 10.2 Å². The lowest BCUT2D eigenvalue weighted by Gasteiger charge is -2.06. The summed E-state index contributed by atoms with van der Waals surface area (Å²) < 4.78 is 5.55. The van der Waals surface area contributed by atoms with Gasteiger partial charge in [0.15, 0.2) is 0 Å². The maximum atomic E-state index is 5.97. The average molecular weight is 181 g/mol. The minimum absolute atomic E-state index is 0.0762. The van der Waals surface area contributed by atoms with Gasteiger partial charge in [-0.2, -0.15) is 0 Å². The Morgan fingerprint density at radius 1 is 1.46 bits per heavy atom. The molecule has 0 saturated carbocycles. The molecule has 0 unspecified atom stereocenters. The Morgan fingerprint density at radius 3 is 2.62 bits per heavy atom. The molecule has 0 saturated heterocycles. The zero-order valence-corrected chi connectivity index (χ0v) is 8.76. The summed E-state index contributed by atoms with van der Waals surface area (Å²) in [6.45, 7) is 6.20. The van der Waals surface area contributed by atoms with Gasteiger partial charge in [0.05, 0.1) is 6.04 Å². The minimum Gasteiger partial charge on any atom is -0.464 e. The van der Waals surface area contributed by atoms with Crippen LogP contribution >= 0.6 is 0 Å². The highest BCUT2D eigenvalue weighted by molar-refractivity contribution is 5.20. The van der Waals surface area contributed by atoms with Crippen LogP contribution in [0.3, 0.4) is 0 Å². The zero-order chi connectivity index (χ0) is 9.84. The smallest absolute Gasteiger partial charge is 0.121 e. The summed E-state index contributed by atoms with van der Waals surface area (Å²) in [5, 5.41) is 0. The third-order valence-electron chi connectivity index (χ3n) is 2.42. The van der Waals surface area contributed by atoms with Crippen molar-refractivity contribution in [3.05, 3.63) is 23.2 Å². The summed E-state index contributed by atoms with van der Waals surface area (Å²) in [5.74, 6) is 1.92. The highest BCUT2D eigenvalue weighted by Crippen LogP contribution is 2.21. The topological polar surface area (TPSA) is 39.2 Å². The first-order valence-electron chi connectivity index (χ1n) is 4.97. The highest BCUT2D eigenvalue weighted by Gasteiger charge is 2.11. The van der Waals surface area contributed by atoms with Crippen molar-refractivity contribution >= 4 is 0 Å². The number of aryl methyl sites for hydroxylation is 2. The molecule has 2 N–H and O–H groups in total. The Kier molecular flexibility index (Phi) is 3.55. The second kappa shape index (κ2) is 4.47. The van der Waals surface area contributed by atoms with Crippen molar-refractivity contribution in [1.82, 2.24) is 0 Å². The maximum absolute atomic E-state index is 5.97. The number of unbranched alkanes of at least 4 members (excludes halogenated alkanes) is 1. The van der Waals surface area contributed by atoms with Gasteiger partial charge in [-0.05, 0) is 31.9 Å². The van der Waals surface area contributed by atoms with Crippen LogP contribution in [0.4, 0.5) is 0 Å². The number of furan rings is 1. The van der Waals surface area contributed by atoms with Gasteiger partial charge in [-0.1, -0.05) is 19.8 Å². The molecule has 74 valence electrons. The highest BCUT2D eigenvalue weighted by atomic mass is 16.3. The van der Waals surface area contributed by atoms with Gasteiger partial charge in [-0.15, -0.1) is 0 Å². The molecule has 1 aromatic rings. The number of hydrogen-bond donors (Lipinski definition) is 1. The Balaban J connectivity index is 2.60. The third kappa shape index (κ3) is 2.59. The van der Waals surface area contributed by atoms with Gasteiger partial charge in [0, 0.05) is 0 Å². The summed E-state index contributed by atoms with van der Waals surface area (Å²) in [6.07, 6.45) is 3.37. The second-order valence-electron chi connectivity index (χ2n) is 3.64. The van der Waals surface area contributed by atoms with Crippen LogP contribution < -0.4 is 5.73 Å². The molecule has 2 heteroatoms. The quantitative estimate of drug-likeness (QED) is 0.775. The Labute approximate surface area is 80.1 Å². The van der Waals surface area contributed by atoms with Gasteiger partial charge >= 0.3 is 0 Å². The van der Waals surface area contributed by atoms with Gasteiger partial charge in [0.25, 0.3) is 0 Å². The van der Waals surface area contributed by atoms with Crippen LogP contribution in [-0.4, -0.2) is 0 Å². The first-order chi connectivity index (χ1) is 6.15. The Bertz CT molecular complexity index is 246. The van der Waals surface area contributed by atoms with Crippen molar-refractivity contribution in [3.8, 4) is 0 Å². The molecule has 1 rings (SSSR count). The molecule has 0 radical (unpaired) electrons. The molecule has 1 atom stereocenters. The van der Waals surface area contributed by atoms with Crippen molar-refractivity contribution < 1.29 is 4.42 Å². The summed E-state index contributed by atoms with van der Waals surface area (Å²) in [5.41, 5.74) is 7.17. The predicted molar refractivity (Wildman–Crippen MR) is 54.6 cm³/mol. The monoisotopic (exact) mass is 181 g/mol. The molecule has 0 aromatic carbocycles. The zero-order valence-electron chi connectivity index (χ0n) is 8.76. The standard InChI is InChI=1S/C11H19NO/c1-4-5-6-10(12)11-7-8(2)9(3)13-11/h7,10H,4-6,12H2,1-3H3/t10-/m1/s1. The van der Waals surface area contributed by atoms with E-state index in [1.54, 1.807) is 0 Å². The van der Waals surface area contributed by atoms with Crippen LogP contribution in [-0.2, 0) is 0 Å². The van der Waals surface area contributed by atoms with Crippen LogP contribution in [0.1, 0.15) is 49.3 Å². The molecule has 0 spiro atoms. The molecular weight excluding hydrogens is 162 g/mol. The predicted octanol–water partition coefficient (Wildman–Crippen LogP) is 3.09. The summed E-state index contributed by atoms with van der Waals surface area (Å²) in [7, 11) is 0. The van der Waals surface area contributed by atoms with Crippen molar-refractivity contribution in [2.75, 3.05) is 0 Å². The fourth-order valence-corrected chi connectivity index (χ4v) is 1.35. The lowest BCUT2D eigenvalue weighted by Crippen LogP contribution is -2.08. The first kappa shape index (κ1) is 10.3. The number of rotatable bonds is 4. The lowest BCUT2D eigenvalue weighted by atomic mass is 10.1. The summed E-state index contributed by atoms with van der Waals surface area (Å²) in [4.78, 5) is 0. The van der Waals surface area contributed by atoms with E-state index in [2.05, 4.69) is 19.9 Å². The largest absolute Gasteiger partial charge is 0.464 e. The van der Waals surface area contributed by atoms with E-state index in [9.17, 15) is 0 Å². The van der Waals surface area contributed by atoms with E-state index in [-0.39, 0.29) is 6.04 Å². The normalized spacial score (nSPS) is 13.2. The van der Waals surface area contributed by atoms with E-state index in [4.69, 9.17) is 10.2 Å². The average Bonchev–Trinajstić information content (AvgIpc) is 2.43. The van der Waals surface area contributed by atoms with Crippen LogP contribution in [0.15, 0.2) is 10.5 Å². The van der Waals surface area contributed by atoms with Gasteiger partial charge in [0.2, 0.25) is 0 Å². The van der Waals surface area contributed by atoms with E-state index >= 15 is 0 Å². The van der Waals surface area contributed by atoms with E-state index in [1.165, 1.54) is 18.4 Å². The fourth-order valence-electron chi connectivity index (χ4n) is 1.35. The van der Waals surface area contributed by atoms with Crippen LogP contribution in [0.2, 0.25) is 0 Å². The molecule has 1 aromatic heterocycles. The van der Waals surface area contributed by atoms with E-state index in [0.29, 0.717) is 0 Å². The summed E-state index contributed by atoms with van der Waals surface area (Å²) >= 11 is 0. The molecule has 0 aliphatic heterocycles. The molecule has 0 aliphatic carbocycles. The van der Waals surface area contributed by atoms with Crippen LogP contribution in [0.25, 0.3) is 0 Å². The first-order valence-corrected chi connectivity index (χ1v) is 4.97. The third-order valence-corrected chi connectivity index (χ3v) is 2.42. The molecule has 0 amide bonds. The van der Waals surface area contributed by atoms with Gasteiger partial charge in [-0.25, -0.2) is 0 Å².